The summed E-state index contributed by atoms with van der Waals surface area (Å²) in [7, 11) is 0. The van der Waals surface area contributed by atoms with Crippen molar-refractivity contribution in [3.05, 3.63) is 18.1 Å². The smallest absolute Gasteiger partial charge is 0.147 e. The first-order valence-electron chi connectivity index (χ1n) is 5.65. The predicted molar refractivity (Wildman–Crippen MR) is 64.3 cm³/mol. The van der Waals surface area contributed by atoms with Gasteiger partial charge in [-0.3, -0.25) is 4.98 Å². The molecule has 90 valence electrons. The molecule has 1 heterocycles. The van der Waals surface area contributed by atoms with Gasteiger partial charge in [-0.15, -0.1) is 0 Å². The van der Waals surface area contributed by atoms with Gasteiger partial charge in [0.1, 0.15) is 5.82 Å². The molecule has 1 aromatic rings. The van der Waals surface area contributed by atoms with E-state index in [9.17, 15) is 0 Å². The third-order valence-corrected chi connectivity index (χ3v) is 2.30. The predicted octanol–water partition coefficient (Wildman–Crippen LogP) is 0.798. The Morgan fingerprint density at radius 3 is 2.81 bits per heavy atom. The van der Waals surface area contributed by atoms with E-state index in [0.29, 0.717) is 13.2 Å². The van der Waals surface area contributed by atoms with Crippen LogP contribution in [0.1, 0.15) is 19.5 Å². The molecule has 0 aliphatic rings. The minimum absolute atomic E-state index is 0.420. The van der Waals surface area contributed by atoms with Crippen molar-refractivity contribution in [2.24, 2.45) is 5.73 Å². The van der Waals surface area contributed by atoms with Crippen LogP contribution in [0.15, 0.2) is 12.4 Å². The molecule has 0 aromatic carbocycles. The number of hydrogen-bond acceptors (Lipinski definition) is 5. The van der Waals surface area contributed by atoms with Crippen LogP contribution in [0.4, 0.5) is 5.82 Å². The molecule has 5 nitrogen and oxygen atoms in total. The lowest BCUT2D eigenvalue weighted by Gasteiger charge is -2.21. The van der Waals surface area contributed by atoms with E-state index >= 15 is 0 Å². The molecular formula is C11H20N4O. The van der Waals surface area contributed by atoms with Crippen molar-refractivity contribution in [3.63, 3.8) is 0 Å². The second-order valence-corrected chi connectivity index (χ2v) is 3.35. The highest BCUT2D eigenvalue weighted by atomic mass is 16.5. The SMILES string of the molecule is CCOCCN(CC)c1cncc(CN)n1. The lowest BCUT2D eigenvalue weighted by atomic mass is 10.4. The fourth-order valence-corrected chi connectivity index (χ4v) is 1.40. The molecule has 0 bridgehead atoms. The highest BCUT2D eigenvalue weighted by Gasteiger charge is 2.06. The van der Waals surface area contributed by atoms with Crippen LogP contribution in [-0.2, 0) is 11.3 Å². The van der Waals surface area contributed by atoms with Crippen molar-refractivity contribution in [1.82, 2.24) is 9.97 Å². The number of nitrogens with zero attached hydrogens (tertiary/aromatic N) is 3. The van der Waals surface area contributed by atoms with E-state index < -0.39 is 0 Å². The van der Waals surface area contributed by atoms with Gasteiger partial charge in [-0.05, 0) is 13.8 Å². The van der Waals surface area contributed by atoms with E-state index in [1.807, 2.05) is 6.92 Å². The summed E-state index contributed by atoms with van der Waals surface area (Å²) < 4.78 is 5.33. The normalized spacial score (nSPS) is 10.4. The Kier molecular flexibility index (Phi) is 5.74. The molecule has 5 heteroatoms. The van der Waals surface area contributed by atoms with E-state index in [1.165, 1.54) is 0 Å². The average Bonchev–Trinajstić information content (AvgIpc) is 2.35. The van der Waals surface area contributed by atoms with Gasteiger partial charge in [0.15, 0.2) is 0 Å². The molecule has 16 heavy (non-hydrogen) atoms. The average molecular weight is 224 g/mol. The summed E-state index contributed by atoms with van der Waals surface area (Å²) in [5, 5.41) is 0. The van der Waals surface area contributed by atoms with E-state index in [0.717, 1.165) is 31.2 Å². The van der Waals surface area contributed by atoms with Crippen LogP contribution < -0.4 is 10.6 Å². The van der Waals surface area contributed by atoms with Crippen molar-refractivity contribution in [3.8, 4) is 0 Å². The van der Waals surface area contributed by atoms with Crippen LogP contribution in [0.5, 0.6) is 0 Å². The number of hydrogen-bond donors (Lipinski definition) is 1. The van der Waals surface area contributed by atoms with E-state index in [2.05, 4.69) is 21.8 Å². The van der Waals surface area contributed by atoms with Crippen LogP contribution >= 0.6 is 0 Å². The van der Waals surface area contributed by atoms with E-state index in [4.69, 9.17) is 10.5 Å². The summed E-state index contributed by atoms with van der Waals surface area (Å²) in [6, 6.07) is 0. The molecule has 2 N–H and O–H groups in total. The topological polar surface area (TPSA) is 64.3 Å². The summed E-state index contributed by atoms with van der Waals surface area (Å²) in [4.78, 5) is 10.7. The number of ether oxygens (including phenoxy) is 1. The fraction of sp³-hybridized carbons (Fsp3) is 0.636. The molecule has 0 aliphatic heterocycles. The number of anilines is 1. The van der Waals surface area contributed by atoms with Crippen LogP contribution in [0.2, 0.25) is 0 Å². The highest BCUT2D eigenvalue weighted by molar-refractivity contribution is 5.35. The van der Waals surface area contributed by atoms with E-state index in [-0.39, 0.29) is 0 Å². The third kappa shape index (κ3) is 3.75. The van der Waals surface area contributed by atoms with Gasteiger partial charge in [-0.25, -0.2) is 4.98 Å². The summed E-state index contributed by atoms with van der Waals surface area (Å²) in [5.74, 6) is 0.866. The van der Waals surface area contributed by atoms with Crippen molar-refractivity contribution < 1.29 is 4.74 Å². The van der Waals surface area contributed by atoms with Gasteiger partial charge in [0.05, 0.1) is 18.5 Å². The molecule has 1 rings (SSSR count). The summed E-state index contributed by atoms with van der Waals surface area (Å²) in [6.45, 7) is 7.66. The lowest BCUT2D eigenvalue weighted by Crippen LogP contribution is -2.28. The molecule has 1 aromatic heterocycles. The van der Waals surface area contributed by atoms with Crippen LogP contribution in [0.3, 0.4) is 0 Å². The summed E-state index contributed by atoms with van der Waals surface area (Å²) >= 11 is 0. The largest absolute Gasteiger partial charge is 0.380 e. The maximum absolute atomic E-state index is 5.54. The van der Waals surface area contributed by atoms with E-state index in [1.54, 1.807) is 12.4 Å². The lowest BCUT2D eigenvalue weighted by molar-refractivity contribution is 0.154. The summed E-state index contributed by atoms with van der Waals surface area (Å²) in [5.41, 5.74) is 6.35. The number of nitrogens with two attached hydrogens (primary N) is 1. The maximum atomic E-state index is 5.54. The second-order valence-electron chi connectivity index (χ2n) is 3.35. The zero-order valence-corrected chi connectivity index (χ0v) is 10.0. The molecule has 0 aliphatic carbocycles. The monoisotopic (exact) mass is 224 g/mol. The Bertz CT molecular complexity index is 306. The van der Waals surface area contributed by atoms with Gasteiger partial charge < -0.3 is 15.4 Å². The Labute approximate surface area is 96.6 Å². The second kappa shape index (κ2) is 7.14. The van der Waals surface area contributed by atoms with Gasteiger partial charge in [0, 0.05) is 32.4 Å². The Hall–Kier alpha value is -1.20. The quantitative estimate of drug-likeness (QED) is 0.694. The van der Waals surface area contributed by atoms with Crippen molar-refractivity contribution in [2.45, 2.75) is 20.4 Å². The molecular weight excluding hydrogens is 204 g/mol. The van der Waals surface area contributed by atoms with Crippen molar-refractivity contribution in [1.29, 1.82) is 0 Å². The molecule has 0 spiro atoms. The minimum Gasteiger partial charge on any atom is -0.380 e. The van der Waals surface area contributed by atoms with Crippen LogP contribution in [0.25, 0.3) is 0 Å². The number of likely N-dealkylation sites (N-methyl/N-ethyl adjacent to an activating group) is 1. The number of rotatable bonds is 7. The van der Waals surface area contributed by atoms with Crippen molar-refractivity contribution in [2.75, 3.05) is 31.2 Å². The van der Waals surface area contributed by atoms with Crippen molar-refractivity contribution >= 4 is 5.82 Å². The van der Waals surface area contributed by atoms with Gasteiger partial charge in [0.25, 0.3) is 0 Å². The number of aromatic nitrogens is 2. The first kappa shape index (κ1) is 12.9. The molecule has 0 saturated carbocycles. The molecule has 0 radical (unpaired) electrons. The van der Waals surface area contributed by atoms with Gasteiger partial charge >= 0.3 is 0 Å². The maximum Gasteiger partial charge on any atom is 0.147 e. The summed E-state index contributed by atoms with van der Waals surface area (Å²) in [6.07, 6.45) is 3.45. The van der Waals surface area contributed by atoms with Gasteiger partial charge in [0.2, 0.25) is 0 Å². The molecule has 0 fully saturated rings. The molecule has 0 atom stereocenters. The standard InChI is InChI=1S/C11H20N4O/c1-3-15(5-6-16-4-2)11-9-13-8-10(7-12)14-11/h8-9H,3-7,12H2,1-2H3. The first-order valence-corrected chi connectivity index (χ1v) is 5.65. The molecule has 0 amide bonds. The Morgan fingerprint density at radius 1 is 1.38 bits per heavy atom. The molecule has 0 unspecified atom stereocenters. The van der Waals surface area contributed by atoms with Crippen LogP contribution in [0, 0.1) is 0 Å². The third-order valence-electron chi connectivity index (χ3n) is 2.30. The Morgan fingerprint density at radius 2 is 2.19 bits per heavy atom. The fourth-order valence-electron chi connectivity index (χ4n) is 1.40. The molecule has 0 saturated heterocycles. The first-order chi connectivity index (χ1) is 7.81. The van der Waals surface area contributed by atoms with Gasteiger partial charge in [-0.1, -0.05) is 0 Å². The van der Waals surface area contributed by atoms with Gasteiger partial charge in [-0.2, -0.15) is 0 Å². The highest BCUT2D eigenvalue weighted by Crippen LogP contribution is 2.08. The Balaban J connectivity index is 2.62. The minimum atomic E-state index is 0.420. The zero-order valence-electron chi connectivity index (χ0n) is 10.0. The van der Waals surface area contributed by atoms with Crippen LogP contribution in [-0.4, -0.2) is 36.3 Å². The zero-order chi connectivity index (χ0) is 11.8.